The monoisotopic (exact) mass is 259 g/mol. The summed E-state index contributed by atoms with van der Waals surface area (Å²) in [5.41, 5.74) is 0. The van der Waals surface area contributed by atoms with Crippen molar-refractivity contribution >= 4 is 11.9 Å². The summed E-state index contributed by atoms with van der Waals surface area (Å²) in [4.78, 5) is 22.0. The Kier molecular flexibility index (Phi) is 8.37. The van der Waals surface area contributed by atoms with Crippen LogP contribution in [0.5, 0.6) is 0 Å². The number of hydrogen-bond acceptors (Lipinski definition) is 3. The van der Waals surface area contributed by atoms with Gasteiger partial charge in [0.05, 0.1) is 6.10 Å². The van der Waals surface area contributed by atoms with E-state index in [2.05, 4.69) is 5.32 Å². The number of hydrogen-bond donors (Lipinski definition) is 3. The van der Waals surface area contributed by atoms with Crippen LogP contribution in [0.4, 0.5) is 0 Å². The van der Waals surface area contributed by atoms with Crippen LogP contribution in [0.3, 0.4) is 0 Å². The molecule has 0 aromatic rings. The van der Waals surface area contributed by atoms with E-state index in [1.807, 2.05) is 13.8 Å². The summed E-state index contributed by atoms with van der Waals surface area (Å²) in [7, 11) is 0. The van der Waals surface area contributed by atoms with Gasteiger partial charge in [-0.2, -0.15) is 0 Å². The van der Waals surface area contributed by atoms with Gasteiger partial charge in [0.25, 0.3) is 0 Å². The summed E-state index contributed by atoms with van der Waals surface area (Å²) in [5, 5.41) is 21.1. The molecule has 0 aromatic heterocycles. The summed E-state index contributed by atoms with van der Waals surface area (Å²) in [6.45, 7) is 5.98. The smallest absolute Gasteiger partial charge is 0.303 e. The average Bonchev–Trinajstić information content (AvgIpc) is 2.26. The molecule has 0 bridgehead atoms. The lowest BCUT2D eigenvalue weighted by Gasteiger charge is -2.20. The zero-order valence-corrected chi connectivity index (χ0v) is 11.5. The summed E-state index contributed by atoms with van der Waals surface area (Å²) in [6, 6.07) is 0. The van der Waals surface area contributed by atoms with Crippen LogP contribution in [0.25, 0.3) is 0 Å². The van der Waals surface area contributed by atoms with Gasteiger partial charge in [-0.05, 0) is 11.8 Å². The summed E-state index contributed by atoms with van der Waals surface area (Å²) in [5.74, 6) is -1.09. The van der Waals surface area contributed by atoms with Crippen LogP contribution in [0.2, 0.25) is 0 Å². The Morgan fingerprint density at radius 1 is 1.17 bits per heavy atom. The average molecular weight is 259 g/mol. The minimum absolute atomic E-state index is 0.0114. The van der Waals surface area contributed by atoms with Gasteiger partial charge in [0, 0.05) is 19.4 Å². The molecule has 2 atom stereocenters. The van der Waals surface area contributed by atoms with Crippen molar-refractivity contribution in [3.63, 3.8) is 0 Å². The highest BCUT2D eigenvalue weighted by Gasteiger charge is 2.17. The highest BCUT2D eigenvalue weighted by Crippen LogP contribution is 2.12. The van der Waals surface area contributed by atoms with Crippen molar-refractivity contribution < 1.29 is 19.8 Å². The van der Waals surface area contributed by atoms with E-state index >= 15 is 0 Å². The Morgan fingerprint density at radius 2 is 1.72 bits per heavy atom. The van der Waals surface area contributed by atoms with Gasteiger partial charge in [-0.25, -0.2) is 0 Å². The second kappa shape index (κ2) is 8.91. The third-order valence-corrected chi connectivity index (χ3v) is 3.16. The normalized spacial score (nSPS) is 14.3. The Labute approximate surface area is 109 Å². The summed E-state index contributed by atoms with van der Waals surface area (Å²) in [6.07, 6.45) is 1.40. The molecular weight excluding hydrogens is 234 g/mol. The fourth-order valence-electron chi connectivity index (χ4n) is 1.98. The molecule has 3 N–H and O–H groups in total. The van der Waals surface area contributed by atoms with Crippen LogP contribution in [0, 0.1) is 11.8 Å². The molecule has 106 valence electrons. The van der Waals surface area contributed by atoms with Crippen LogP contribution in [-0.2, 0) is 9.59 Å². The lowest BCUT2D eigenvalue weighted by Crippen LogP contribution is -2.36. The molecule has 0 heterocycles. The van der Waals surface area contributed by atoms with E-state index in [4.69, 9.17) is 5.11 Å². The molecule has 0 fully saturated rings. The minimum atomic E-state index is -0.896. The van der Waals surface area contributed by atoms with Crippen molar-refractivity contribution in [2.45, 2.75) is 52.6 Å². The number of carbonyl (C=O) groups is 2. The summed E-state index contributed by atoms with van der Waals surface area (Å²) >= 11 is 0. The van der Waals surface area contributed by atoms with E-state index in [9.17, 15) is 14.7 Å². The minimum Gasteiger partial charge on any atom is -0.481 e. The van der Waals surface area contributed by atoms with Crippen molar-refractivity contribution in [1.29, 1.82) is 0 Å². The SMILES string of the molecule is CCC(CC)C(O)CNC(=O)CC(C)CC(=O)O. The third-order valence-electron chi connectivity index (χ3n) is 3.16. The van der Waals surface area contributed by atoms with E-state index in [0.717, 1.165) is 12.8 Å². The fraction of sp³-hybridized carbons (Fsp3) is 0.846. The van der Waals surface area contributed by atoms with E-state index < -0.39 is 12.1 Å². The standard InChI is InChI=1S/C13H25NO4/c1-4-10(5-2)11(15)8-14-12(16)6-9(3)7-13(17)18/h9-11,15H,4-8H2,1-3H3,(H,14,16)(H,17,18). The molecule has 0 rings (SSSR count). The Balaban J connectivity index is 3.92. The predicted octanol–water partition coefficient (Wildman–Crippen LogP) is 1.40. The van der Waals surface area contributed by atoms with Gasteiger partial charge >= 0.3 is 5.97 Å². The third kappa shape index (κ3) is 7.27. The molecule has 0 spiro atoms. The second-order valence-corrected chi connectivity index (χ2v) is 4.86. The van der Waals surface area contributed by atoms with Crippen LogP contribution in [0.15, 0.2) is 0 Å². The molecule has 0 radical (unpaired) electrons. The van der Waals surface area contributed by atoms with Crippen LogP contribution in [-0.4, -0.2) is 34.7 Å². The van der Waals surface area contributed by atoms with Gasteiger partial charge in [-0.3, -0.25) is 9.59 Å². The molecule has 1 amide bonds. The van der Waals surface area contributed by atoms with Crippen molar-refractivity contribution in [3.8, 4) is 0 Å². The van der Waals surface area contributed by atoms with Crippen molar-refractivity contribution in [1.82, 2.24) is 5.32 Å². The Bertz CT molecular complexity index is 264. The Morgan fingerprint density at radius 3 is 2.17 bits per heavy atom. The van der Waals surface area contributed by atoms with Crippen LogP contribution < -0.4 is 5.32 Å². The largest absolute Gasteiger partial charge is 0.481 e. The molecule has 0 aliphatic rings. The molecule has 2 unspecified atom stereocenters. The maximum absolute atomic E-state index is 11.5. The van der Waals surface area contributed by atoms with Crippen LogP contribution in [0.1, 0.15) is 46.5 Å². The molecule has 0 aliphatic heterocycles. The number of carboxylic acids is 1. The van der Waals surface area contributed by atoms with Crippen LogP contribution >= 0.6 is 0 Å². The number of aliphatic hydroxyl groups excluding tert-OH is 1. The molecule has 0 aliphatic carbocycles. The van der Waals surface area contributed by atoms with Gasteiger partial charge in [-0.1, -0.05) is 33.6 Å². The number of nitrogens with one attached hydrogen (secondary N) is 1. The molecule has 5 nitrogen and oxygen atoms in total. The molecule has 5 heteroatoms. The first kappa shape index (κ1) is 16.9. The van der Waals surface area contributed by atoms with Crippen molar-refractivity contribution in [2.75, 3.05) is 6.54 Å². The number of aliphatic carboxylic acids is 1. The topological polar surface area (TPSA) is 86.6 Å². The van der Waals surface area contributed by atoms with Gasteiger partial charge in [0.15, 0.2) is 0 Å². The van der Waals surface area contributed by atoms with E-state index in [0.29, 0.717) is 0 Å². The lowest BCUT2D eigenvalue weighted by atomic mass is 9.96. The highest BCUT2D eigenvalue weighted by molar-refractivity contribution is 5.77. The first-order chi connectivity index (χ1) is 8.40. The van der Waals surface area contributed by atoms with Gasteiger partial charge in [0.1, 0.15) is 0 Å². The number of amides is 1. The molecule has 0 saturated heterocycles. The highest BCUT2D eigenvalue weighted by atomic mass is 16.4. The quantitative estimate of drug-likeness (QED) is 0.584. The maximum Gasteiger partial charge on any atom is 0.303 e. The van der Waals surface area contributed by atoms with E-state index in [1.54, 1.807) is 6.92 Å². The fourth-order valence-corrected chi connectivity index (χ4v) is 1.98. The number of aliphatic hydroxyl groups is 1. The van der Waals surface area contributed by atoms with E-state index in [-0.39, 0.29) is 37.1 Å². The van der Waals surface area contributed by atoms with Gasteiger partial charge in [0.2, 0.25) is 5.91 Å². The van der Waals surface area contributed by atoms with E-state index in [1.165, 1.54) is 0 Å². The summed E-state index contributed by atoms with van der Waals surface area (Å²) < 4.78 is 0. The first-order valence-electron chi connectivity index (χ1n) is 6.57. The van der Waals surface area contributed by atoms with Crippen molar-refractivity contribution in [3.05, 3.63) is 0 Å². The van der Waals surface area contributed by atoms with Crippen molar-refractivity contribution in [2.24, 2.45) is 11.8 Å². The number of carboxylic acid groups (broad SMARTS) is 1. The predicted molar refractivity (Wildman–Crippen MR) is 69.1 cm³/mol. The van der Waals surface area contributed by atoms with Gasteiger partial charge < -0.3 is 15.5 Å². The first-order valence-corrected chi connectivity index (χ1v) is 6.57. The zero-order valence-electron chi connectivity index (χ0n) is 11.5. The molecule has 0 saturated carbocycles. The molecular formula is C13H25NO4. The zero-order chi connectivity index (χ0) is 14.1. The molecule has 0 aromatic carbocycles. The second-order valence-electron chi connectivity index (χ2n) is 4.86. The lowest BCUT2D eigenvalue weighted by molar-refractivity contribution is -0.138. The molecule has 18 heavy (non-hydrogen) atoms. The Hall–Kier alpha value is -1.10. The van der Waals surface area contributed by atoms with Gasteiger partial charge in [-0.15, -0.1) is 0 Å². The number of carbonyl (C=O) groups excluding carboxylic acids is 1. The maximum atomic E-state index is 11.5. The number of rotatable bonds is 9.